The second-order valence-corrected chi connectivity index (χ2v) is 6.09. The molecule has 2 atom stereocenters. The summed E-state index contributed by atoms with van der Waals surface area (Å²) in [7, 11) is 0. The molecule has 122 valence electrons. The van der Waals surface area contributed by atoms with E-state index in [2.05, 4.69) is 20.8 Å². The van der Waals surface area contributed by atoms with Gasteiger partial charge in [-0.3, -0.25) is 0 Å². The Morgan fingerprint density at radius 3 is 2.79 bits per heavy atom. The Hall–Kier alpha value is -2.67. The van der Waals surface area contributed by atoms with Gasteiger partial charge in [0.05, 0.1) is 12.1 Å². The first-order valence-corrected chi connectivity index (χ1v) is 7.78. The normalized spacial score (nSPS) is 19.6. The number of hydrogen-bond donors (Lipinski definition) is 2. The molecule has 6 nitrogen and oxygen atoms in total. The predicted octanol–water partition coefficient (Wildman–Crippen LogP) is 3.32. The largest absolute Gasteiger partial charge is 0.508 e. The molecule has 3 aromatic rings. The molecule has 4 rings (SSSR count). The van der Waals surface area contributed by atoms with E-state index in [-0.39, 0.29) is 23.7 Å². The summed E-state index contributed by atoms with van der Waals surface area (Å²) < 4.78 is 14.9. The first-order chi connectivity index (χ1) is 11.6. The number of aromatic hydroxyl groups is 1. The number of nitrogens with one attached hydrogen (secondary N) is 1. The highest BCUT2D eigenvalue weighted by molar-refractivity contribution is 6.30. The summed E-state index contributed by atoms with van der Waals surface area (Å²) in [5.74, 6) is 0.337. The minimum Gasteiger partial charge on any atom is -0.508 e. The molecule has 0 bridgehead atoms. The molecule has 2 heterocycles. The smallest absolute Gasteiger partial charge is 0.243 e. The van der Waals surface area contributed by atoms with Gasteiger partial charge >= 0.3 is 0 Å². The van der Waals surface area contributed by atoms with Gasteiger partial charge in [-0.15, -0.1) is 0 Å². The number of phenolic OH excluding ortho intramolecular Hbond substituents is 1. The molecule has 0 fully saturated rings. The summed E-state index contributed by atoms with van der Waals surface area (Å²) >= 11 is 6.06. The lowest BCUT2D eigenvalue weighted by atomic mass is 9.93. The Labute approximate surface area is 141 Å². The molecule has 1 aliphatic rings. The summed E-state index contributed by atoms with van der Waals surface area (Å²) in [6.07, 6.45) is 0.581. The molecule has 2 N–H and O–H groups in total. The van der Waals surface area contributed by atoms with Crippen molar-refractivity contribution in [2.75, 3.05) is 5.32 Å². The van der Waals surface area contributed by atoms with Crippen molar-refractivity contribution in [3.8, 4) is 5.75 Å². The molecule has 0 radical (unpaired) electrons. The molecule has 0 spiro atoms. The van der Waals surface area contributed by atoms with Gasteiger partial charge in [-0.2, -0.15) is 0 Å². The number of hydrogen-bond acceptors (Lipinski definition) is 5. The van der Waals surface area contributed by atoms with E-state index in [9.17, 15) is 9.50 Å². The maximum absolute atomic E-state index is 13.2. The number of aromatic nitrogens is 4. The van der Waals surface area contributed by atoms with Gasteiger partial charge in [-0.1, -0.05) is 28.8 Å². The van der Waals surface area contributed by atoms with E-state index in [1.807, 2.05) is 0 Å². The van der Waals surface area contributed by atoms with Crippen LogP contribution in [0, 0.1) is 5.82 Å². The lowest BCUT2D eigenvalue weighted by Gasteiger charge is -2.31. The van der Waals surface area contributed by atoms with Crippen molar-refractivity contribution in [3.05, 3.63) is 64.4 Å². The number of rotatable bonds is 2. The fourth-order valence-corrected chi connectivity index (χ4v) is 3.19. The average Bonchev–Trinajstić information content (AvgIpc) is 3.05. The summed E-state index contributed by atoms with van der Waals surface area (Å²) in [6.45, 7) is 0. The minimum absolute atomic E-state index is 0.149. The lowest BCUT2D eigenvalue weighted by molar-refractivity contribution is 0.409. The molecular formula is C16H13ClFN5O. The maximum atomic E-state index is 13.2. The topological polar surface area (TPSA) is 75.9 Å². The van der Waals surface area contributed by atoms with Gasteiger partial charge in [0, 0.05) is 10.6 Å². The zero-order valence-corrected chi connectivity index (χ0v) is 13.2. The number of tetrazole rings is 1. The second-order valence-electron chi connectivity index (χ2n) is 5.65. The molecule has 2 aromatic carbocycles. The van der Waals surface area contributed by atoms with Gasteiger partial charge in [0.15, 0.2) is 0 Å². The molecule has 1 aromatic heterocycles. The van der Waals surface area contributed by atoms with Crippen molar-refractivity contribution >= 4 is 17.5 Å². The van der Waals surface area contributed by atoms with Gasteiger partial charge in [-0.25, -0.2) is 9.07 Å². The fourth-order valence-electron chi connectivity index (χ4n) is 3.01. The van der Waals surface area contributed by atoms with Crippen LogP contribution in [0.15, 0.2) is 42.5 Å². The third kappa shape index (κ3) is 2.56. The van der Waals surface area contributed by atoms with Crippen LogP contribution in [0.25, 0.3) is 0 Å². The molecule has 24 heavy (non-hydrogen) atoms. The summed E-state index contributed by atoms with van der Waals surface area (Å²) in [4.78, 5) is 0. The predicted molar refractivity (Wildman–Crippen MR) is 86.5 cm³/mol. The summed E-state index contributed by atoms with van der Waals surface area (Å²) in [5.41, 5.74) is 1.56. The minimum atomic E-state index is -0.298. The number of fused-ring (bicyclic) bond motifs is 1. The zero-order valence-electron chi connectivity index (χ0n) is 12.4. The van der Waals surface area contributed by atoms with Gasteiger partial charge in [0.1, 0.15) is 11.6 Å². The van der Waals surface area contributed by atoms with E-state index in [1.165, 1.54) is 12.1 Å². The Kier molecular flexibility index (Phi) is 3.57. The molecule has 0 amide bonds. The Balaban J connectivity index is 1.76. The van der Waals surface area contributed by atoms with Gasteiger partial charge in [0.25, 0.3) is 0 Å². The van der Waals surface area contributed by atoms with Gasteiger partial charge in [-0.05, 0) is 52.7 Å². The van der Waals surface area contributed by atoms with Crippen molar-refractivity contribution in [3.63, 3.8) is 0 Å². The molecule has 0 saturated heterocycles. The van der Waals surface area contributed by atoms with Crippen LogP contribution in [0.3, 0.4) is 0 Å². The van der Waals surface area contributed by atoms with Gasteiger partial charge < -0.3 is 10.4 Å². The van der Waals surface area contributed by atoms with Crippen molar-refractivity contribution < 1.29 is 9.50 Å². The molecule has 1 aliphatic heterocycles. The van der Waals surface area contributed by atoms with Crippen LogP contribution < -0.4 is 5.32 Å². The van der Waals surface area contributed by atoms with E-state index >= 15 is 0 Å². The third-order valence-corrected chi connectivity index (χ3v) is 4.41. The number of phenols is 1. The van der Waals surface area contributed by atoms with Crippen LogP contribution in [-0.4, -0.2) is 25.3 Å². The number of nitrogens with zero attached hydrogens (tertiary/aromatic N) is 4. The molecule has 0 saturated carbocycles. The van der Waals surface area contributed by atoms with Crippen LogP contribution in [0.2, 0.25) is 5.02 Å². The SMILES string of the molecule is Oc1ccc(Cl)cc1[C@H]1C[C@H](c2ccc(F)cc2)n2nnnc2N1. The first-order valence-electron chi connectivity index (χ1n) is 7.40. The monoisotopic (exact) mass is 345 g/mol. The summed E-state index contributed by atoms with van der Waals surface area (Å²) in [6, 6.07) is 10.7. The molecule has 8 heteroatoms. The van der Waals surface area contributed by atoms with Crippen molar-refractivity contribution in [2.45, 2.75) is 18.5 Å². The third-order valence-electron chi connectivity index (χ3n) is 4.17. The Morgan fingerprint density at radius 1 is 1.21 bits per heavy atom. The van der Waals surface area contributed by atoms with Gasteiger partial charge in [0.2, 0.25) is 5.95 Å². The van der Waals surface area contributed by atoms with E-state index in [0.29, 0.717) is 23.0 Å². The van der Waals surface area contributed by atoms with Crippen molar-refractivity contribution in [2.24, 2.45) is 0 Å². The van der Waals surface area contributed by atoms with Crippen LogP contribution in [0.5, 0.6) is 5.75 Å². The Morgan fingerprint density at radius 2 is 2.00 bits per heavy atom. The quantitative estimate of drug-likeness (QED) is 0.745. The number of halogens is 2. The molecule has 0 aliphatic carbocycles. The van der Waals surface area contributed by atoms with Crippen LogP contribution in [-0.2, 0) is 0 Å². The maximum Gasteiger partial charge on any atom is 0.243 e. The van der Waals surface area contributed by atoms with E-state index in [1.54, 1.807) is 35.0 Å². The highest BCUT2D eigenvalue weighted by atomic mass is 35.5. The standard InChI is InChI=1S/C16H13ClFN5O/c17-10-3-6-15(24)12(7-10)13-8-14(9-1-4-11(18)5-2-9)23-16(19-13)20-21-22-23/h1-7,13-14,24H,8H2,(H,19,20,22)/t13-,14-/m1/s1. The molecule has 0 unspecified atom stereocenters. The molecular weight excluding hydrogens is 333 g/mol. The number of anilines is 1. The van der Waals surface area contributed by atoms with Crippen LogP contribution in [0.1, 0.15) is 29.6 Å². The number of benzene rings is 2. The fraction of sp³-hybridized carbons (Fsp3) is 0.188. The average molecular weight is 346 g/mol. The van der Waals surface area contributed by atoms with Crippen LogP contribution in [0.4, 0.5) is 10.3 Å². The summed E-state index contributed by atoms with van der Waals surface area (Å²) in [5, 5.41) is 25.6. The van der Waals surface area contributed by atoms with Crippen LogP contribution >= 0.6 is 11.6 Å². The van der Waals surface area contributed by atoms with Crippen molar-refractivity contribution in [1.29, 1.82) is 0 Å². The van der Waals surface area contributed by atoms with Crippen molar-refractivity contribution in [1.82, 2.24) is 20.2 Å². The second kappa shape index (κ2) is 5.76. The van der Waals surface area contributed by atoms with E-state index < -0.39 is 0 Å². The van der Waals surface area contributed by atoms with E-state index in [4.69, 9.17) is 11.6 Å². The Bertz CT molecular complexity index is 882. The first kappa shape index (κ1) is 14.9. The highest BCUT2D eigenvalue weighted by Gasteiger charge is 2.31. The highest BCUT2D eigenvalue weighted by Crippen LogP contribution is 2.40. The lowest BCUT2D eigenvalue weighted by Crippen LogP contribution is -2.28. The van der Waals surface area contributed by atoms with E-state index in [0.717, 1.165) is 5.56 Å². The zero-order chi connectivity index (χ0) is 16.7.